The van der Waals surface area contributed by atoms with Crippen LogP contribution in [-0.4, -0.2) is 37.2 Å². The van der Waals surface area contributed by atoms with Gasteiger partial charge in [0.2, 0.25) is 0 Å². The SMILES string of the molecule is CC/C=C\C/C=C\C/C=C\C/C=C\C/C=C\CCCCCC(=O)OCC(COC(=O)CCC/C=C\CCCCCC)OC(=O)CCCCCCCC/C=C\C=C/CCCCC. The summed E-state index contributed by atoms with van der Waals surface area (Å²) < 4.78 is 16.7. The van der Waals surface area contributed by atoms with Crippen molar-refractivity contribution in [2.75, 3.05) is 13.2 Å². The summed E-state index contributed by atoms with van der Waals surface area (Å²) in [5.74, 6) is -0.993. The second-order valence-electron chi connectivity index (χ2n) is 16.0. The highest BCUT2D eigenvalue weighted by molar-refractivity contribution is 5.71. The summed E-state index contributed by atoms with van der Waals surface area (Å²) in [6.07, 6.45) is 64.0. The Morgan fingerprint density at radius 1 is 0.361 bits per heavy atom. The molecule has 0 aliphatic heterocycles. The molecule has 0 aromatic rings. The van der Waals surface area contributed by atoms with Gasteiger partial charge in [-0.25, -0.2) is 0 Å². The van der Waals surface area contributed by atoms with Crippen LogP contribution in [0.15, 0.2) is 97.2 Å². The Hall–Kier alpha value is -3.67. The molecule has 0 spiro atoms. The molecule has 0 saturated heterocycles. The summed E-state index contributed by atoms with van der Waals surface area (Å²) in [6.45, 7) is 6.38. The van der Waals surface area contributed by atoms with E-state index in [1.807, 2.05) is 0 Å². The molecule has 0 rings (SSSR count). The fourth-order valence-electron chi connectivity index (χ4n) is 6.34. The molecule has 6 heteroatoms. The summed E-state index contributed by atoms with van der Waals surface area (Å²) >= 11 is 0. The number of carbonyl (C=O) groups excluding carboxylic acids is 3. The van der Waals surface area contributed by atoms with Gasteiger partial charge in [-0.1, -0.05) is 182 Å². The summed E-state index contributed by atoms with van der Waals surface area (Å²) in [7, 11) is 0. The van der Waals surface area contributed by atoms with Crippen molar-refractivity contribution in [1.82, 2.24) is 0 Å². The van der Waals surface area contributed by atoms with E-state index in [0.29, 0.717) is 25.7 Å². The van der Waals surface area contributed by atoms with Gasteiger partial charge < -0.3 is 14.2 Å². The van der Waals surface area contributed by atoms with Crippen LogP contribution in [0.5, 0.6) is 0 Å². The largest absolute Gasteiger partial charge is 0.462 e. The van der Waals surface area contributed by atoms with Crippen LogP contribution in [0.3, 0.4) is 0 Å². The maximum atomic E-state index is 12.8. The second kappa shape index (κ2) is 49.0. The lowest BCUT2D eigenvalue weighted by Crippen LogP contribution is -2.30. The van der Waals surface area contributed by atoms with Crippen molar-refractivity contribution < 1.29 is 28.6 Å². The fourth-order valence-corrected chi connectivity index (χ4v) is 6.34. The van der Waals surface area contributed by atoms with E-state index in [9.17, 15) is 14.4 Å². The van der Waals surface area contributed by atoms with Crippen LogP contribution in [0.2, 0.25) is 0 Å². The first kappa shape index (κ1) is 57.3. The number of allylic oxidation sites excluding steroid dienone is 16. The number of unbranched alkanes of at least 4 members (excludes halogenated alkanes) is 17. The van der Waals surface area contributed by atoms with Gasteiger partial charge in [-0.2, -0.15) is 0 Å². The Bertz CT molecular complexity index is 1250. The normalized spacial score (nSPS) is 12.9. The average molecular weight is 847 g/mol. The third kappa shape index (κ3) is 47.2. The smallest absolute Gasteiger partial charge is 0.306 e. The summed E-state index contributed by atoms with van der Waals surface area (Å²) in [5, 5.41) is 0. The van der Waals surface area contributed by atoms with Gasteiger partial charge in [0.25, 0.3) is 0 Å². The van der Waals surface area contributed by atoms with Crippen molar-refractivity contribution in [2.24, 2.45) is 0 Å². The van der Waals surface area contributed by atoms with Crippen molar-refractivity contribution >= 4 is 17.9 Å². The summed E-state index contributed by atoms with van der Waals surface area (Å²) in [4.78, 5) is 37.8. The van der Waals surface area contributed by atoms with E-state index in [2.05, 4.69) is 118 Å². The molecule has 0 aromatic carbocycles. The monoisotopic (exact) mass is 847 g/mol. The molecule has 0 aliphatic carbocycles. The Balaban J connectivity index is 4.45. The zero-order valence-electron chi connectivity index (χ0n) is 39.4. The molecule has 346 valence electrons. The maximum Gasteiger partial charge on any atom is 0.306 e. The predicted molar refractivity (Wildman–Crippen MR) is 260 cm³/mol. The lowest BCUT2D eigenvalue weighted by molar-refractivity contribution is -0.167. The second-order valence-corrected chi connectivity index (χ2v) is 16.0. The van der Waals surface area contributed by atoms with Crippen molar-refractivity contribution in [1.29, 1.82) is 0 Å². The fraction of sp³-hybridized carbons (Fsp3) is 0.655. The third-order valence-electron chi connectivity index (χ3n) is 10.1. The van der Waals surface area contributed by atoms with Crippen molar-refractivity contribution in [3.63, 3.8) is 0 Å². The molecule has 0 bridgehead atoms. The van der Waals surface area contributed by atoms with Crippen LogP contribution in [0.4, 0.5) is 0 Å². The Morgan fingerprint density at radius 3 is 1.23 bits per heavy atom. The number of hydrogen-bond acceptors (Lipinski definition) is 6. The Labute approximate surface area is 375 Å². The zero-order chi connectivity index (χ0) is 44.4. The molecular formula is C55H90O6. The van der Waals surface area contributed by atoms with Gasteiger partial charge in [0, 0.05) is 19.3 Å². The van der Waals surface area contributed by atoms with E-state index in [0.717, 1.165) is 103 Å². The van der Waals surface area contributed by atoms with Crippen molar-refractivity contribution in [3.05, 3.63) is 97.2 Å². The molecule has 61 heavy (non-hydrogen) atoms. The highest BCUT2D eigenvalue weighted by Crippen LogP contribution is 2.12. The molecule has 0 N–H and O–H groups in total. The highest BCUT2D eigenvalue weighted by Gasteiger charge is 2.19. The molecule has 6 nitrogen and oxygen atoms in total. The quantitative estimate of drug-likeness (QED) is 0.0200. The molecule has 1 unspecified atom stereocenters. The van der Waals surface area contributed by atoms with Gasteiger partial charge in [0.1, 0.15) is 13.2 Å². The number of hydrogen-bond donors (Lipinski definition) is 0. The lowest BCUT2D eigenvalue weighted by Gasteiger charge is -2.18. The van der Waals surface area contributed by atoms with Crippen LogP contribution in [-0.2, 0) is 28.6 Å². The van der Waals surface area contributed by atoms with E-state index in [1.165, 1.54) is 64.2 Å². The first-order chi connectivity index (χ1) is 30.0. The van der Waals surface area contributed by atoms with E-state index < -0.39 is 6.10 Å². The molecule has 1 atom stereocenters. The molecular weight excluding hydrogens is 757 g/mol. The lowest BCUT2D eigenvalue weighted by atomic mass is 10.1. The Morgan fingerprint density at radius 2 is 0.705 bits per heavy atom. The molecule has 0 radical (unpaired) electrons. The maximum absolute atomic E-state index is 12.8. The molecule has 0 aromatic heterocycles. The molecule has 0 amide bonds. The molecule has 0 aliphatic rings. The first-order valence-electron chi connectivity index (χ1n) is 24.8. The van der Waals surface area contributed by atoms with E-state index in [-0.39, 0.29) is 31.1 Å². The molecule has 0 saturated carbocycles. The average Bonchev–Trinajstić information content (AvgIpc) is 3.26. The van der Waals surface area contributed by atoms with E-state index in [1.54, 1.807) is 0 Å². The standard InChI is InChI=1S/C55H90O6/c1-4-7-10-13-16-19-21-23-25-26-27-28-30-31-33-36-39-42-45-48-54(57)60-51-52(50-59-53(56)47-44-41-38-35-18-15-12-9-6-3)61-55(58)49-46-43-40-37-34-32-29-24-22-20-17-14-11-8-5-2/h7,10,16-17,19-20,22-25,27-28,31,33,35,38,52H,4-6,8-9,11-15,18,21,26,29-30,32,34,36-37,39-51H2,1-3H3/b10-7-,19-16-,20-17-,24-22-,25-23-,28-27-,33-31-,38-35-. The van der Waals surface area contributed by atoms with Crippen LogP contribution >= 0.6 is 0 Å². The minimum absolute atomic E-state index is 0.109. The van der Waals surface area contributed by atoms with Crippen LogP contribution in [0, 0.1) is 0 Å². The Kier molecular flexibility index (Phi) is 46.0. The van der Waals surface area contributed by atoms with Gasteiger partial charge in [-0.3, -0.25) is 14.4 Å². The van der Waals surface area contributed by atoms with Gasteiger partial charge in [-0.15, -0.1) is 0 Å². The number of esters is 3. The topological polar surface area (TPSA) is 78.9 Å². The first-order valence-corrected chi connectivity index (χ1v) is 24.8. The van der Waals surface area contributed by atoms with Crippen LogP contribution in [0.1, 0.15) is 213 Å². The van der Waals surface area contributed by atoms with E-state index in [4.69, 9.17) is 14.2 Å². The third-order valence-corrected chi connectivity index (χ3v) is 10.1. The summed E-state index contributed by atoms with van der Waals surface area (Å²) in [6, 6.07) is 0. The van der Waals surface area contributed by atoms with Crippen molar-refractivity contribution in [2.45, 2.75) is 219 Å². The molecule has 0 heterocycles. The van der Waals surface area contributed by atoms with Crippen LogP contribution < -0.4 is 0 Å². The van der Waals surface area contributed by atoms with Crippen molar-refractivity contribution in [3.8, 4) is 0 Å². The van der Waals surface area contributed by atoms with Gasteiger partial charge in [0.05, 0.1) is 0 Å². The summed E-state index contributed by atoms with van der Waals surface area (Å²) in [5.41, 5.74) is 0. The predicted octanol–water partition coefficient (Wildman–Crippen LogP) is 16.2. The van der Waals surface area contributed by atoms with E-state index >= 15 is 0 Å². The number of rotatable bonds is 43. The number of carbonyl (C=O) groups is 3. The van der Waals surface area contributed by atoms with Gasteiger partial charge in [-0.05, 0) is 109 Å². The minimum Gasteiger partial charge on any atom is -0.462 e. The minimum atomic E-state index is -0.807. The van der Waals surface area contributed by atoms with Gasteiger partial charge in [0.15, 0.2) is 6.10 Å². The molecule has 0 fully saturated rings. The number of ether oxygens (including phenoxy) is 3. The van der Waals surface area contributed by atoms with Gasteiger partial charge >= 0.3 is 17.9 Å². The zero-order valence-corrected chi connectivity index (χ0v) is 39.4. The van der Waals surface area contributed by atoms with Crippen LogP contribution in [0.25, 0.3) is 0 Å². The highest BCUT2D eigenvalue weighted by atomic mass is 16.6.